The third kappa shape index (κ3) is 2.69. The van der Waals surface area contributed by atoms with Crippen molar-refractivity contribution in [3.63, 3.8) is 0 Å². The van der Waals surface area contributed by atoms with Gasteiger partial charge < -0.3 is 10.3 Å². The Morgan fingerprint density at radius 2 is 2.00 bits per heavy atom. The maximum atomic E-state index is 6.10. The van der Waals surface area contributed by atoms with Crippen molar-refractivity contribution >= 4 is 33.3 Å². The van der Waals surface area contributed by atoms with Crippen LogP contribution in [0.15, 0.2) is 51.5 Å². The summed E-state index contributed by atoms with van der Waals surface area (Å²) in [5.41, 5.74) is 9.66. The van der Waals surface area contributed by atoms with E-state index in [4.69, 9.17) is 21.9 Å². The molecule has 3 nitrogen and oxygen atoms in total. The van der Waals surface area contributed by atoms with E-state index in [-0.39, 0.29) is 0 Å². The quantitative estimate of drug-likeness (QED) is 0.671. The van der Waals surface area contributed by atoms with E-state index in [1.54, 1.807) is 0 Å². The first-order valence-electron chi connectivity index (χ1n) is 6.34. The number of halogens is 2. The van der Waals surface area contributed by atoms with Gasteiger partial charge >= 0.3 is 0 Å². The summed E-state index contributed by atoms with van der Waals surface area (Å²) >= 11 is 9.56. The van der Waals surface area contributed by atoms with E-state index < -0.39 is 0 Å². The van der Waals surface area contributed by atoms with Gasteiger partial charge in [-0.2, -0.15) is 0 Å². The number of hydrogen-bond donors (Lipinski definition) is 1. The highest BCUT2D eigenvalue weighted by atomic mass is 79.9. The Balaban J connectivity index is 2.24. The summed E-state index contributed by atoms with van der Waals surface area (Å²) in [6.07, 6.45) is 0. The Bertz CT molecular complexity index is 814. The highest BCUT2D eigenvalue weighted by Crippen LogP contribution is 2.39. The van der Waals surface area contributed by atoms with Gasteiger partial charge in [0.05, 0.1) is 5.56 Å². The van der Waals surface area contributed by atoms with Gasteiger partial charge in [-0.3, -0.25) is 0 Å². The zero-order valence-electron chi connectivity index (χ0n) is 11.2. The molecule has 0 amide bonds. The van der Waals surface area contributed by atoms with Crippen LogP contribution in [0.25, 0.3) is 22.5 Å². The monoisotopic (exact) mass is 362 g/mol. The Labute approximate surface area is 135 Å². The number of rotatable bonds is 2. The van der Waals surface area contributed by atoms with Crippen molar-refractivity contribution in [2.75, 3.05) is 5.73 Å². The van der Waals surface area contributed by atoms with Crippen molar-refractivity contribution in [3.05, 3.63) is 57.5 Å². The molecule has 0 saturated heterocycles. The van der Waals surface area contributed by atoms with Crippen molar-refractivity contribution in [2.24, 2.45) is 0 Å². The number of hydrogen-bond acceptors (Lipinski definition) is 3. The van der Waals surface area contributed by atoms with Crippen LogP contribution in [0.1, 0.15) is 5.56 Å². The molecule has 0 radical (unpaired) electrons. The van der Waals surface area contributed by atoms with Crippen LogP contribution < -0.4 is 5.73 Å². The smallest absolute Gasteiger partial charge is 0.177 e. The Morgan fingerprint density at radius 1 is 1.19 bits per heavy atom. The average molecular weight is 364 g/mol. The minimum Gasteiger partial charge on any atom is -0.380 e. The zero-order chi connectivity index (χ0) is 15.0. The topological polar surface area (TPSA) is 52.0 Å². The van der Waals surface area contributed by atoms with Gasteiger partial charge in [-0.25, -0.2) is 0 Å². The third-order valence-corrected chi connectivity index (χ3v) is 4.00. The molecule has 0 saturated carbocycles. The van der Waals surface area contributed by atoms with Gasteiger partial charge in [0.2, 0.25) is 0 Å². The number of aryl methyl sites for hydroxylation is 1. The summed E-state index contributed by atoms with van der Waals surface area (Å²) in [5, 5.41) is 4.56. The van der Waals surface area contributed by atoms with Crippen LogP contribution in [0.5, 0.6) is 0 Å². The molecular formula is C16H12BrClN2O. The van der Waals surface area contributed by atoms with Crippen LogP contribution >= 0.6 is 27.5 Å². The first-order valence-corrected chi connectivity index (χ1v) is 7.51. The molecule has 21 heavy (non-hydrogen) atoms. The minimum absolute atomic E-state index is 0.363. The number of nitrogens with two attached hydrogens (primary N) is 1. The number of nitrogens with zero attached hydrogens (tertiary/aromatic N) is 1. The predicted octanol–water partition coefficient (Wildman–Crippen LogP) is 5.32. The van der Waals surface area contributed by atoms with Gasteiger partial charge in [-0.05, 0) is 42.3 Å². The lowest BCUT2D eigenvalue weighted by Gasteiger charge is -2.06. The standard InChI is InChI=1S/C16H12BrClN2O/c1-9-5-6-12(18)8-13(9)15-14(16(19)20-21-15)10-3-2-4-11(17)7-10/h2-8H,1H3,(H2,19,20). The van der Waals surface area contributed by atoms with E-state index in [1.165, 1.54) is 0 Å². The maximum Gasteiger partial charge on any atom is 0.177 e. The van der Waals surface area contributed by atoms with Gasteiger partial charge in [0.15, 0.2) is 11.6 Å². The van der Waals surface area contributed by atoms with E-state index in [9.17, 15) is 0 Å². The summed E-state index contributed by atoms with van der Waals surface area (Å²) in [5.74, 6) is 0.994. The molecule has 0 fully saturated rings. The van der Waals surface area contributed by atoms with Crippen molar-refractivity contribution in [2.45, 2.75) is 6.92 Å². The van der Waals surface area contributed by atoms with Gasteiger partial charge in [-0.15, -0.1) is 0 Å². The van der Waals surface area contributed by atoms with Crippen LogP contribution in [-0.2, 0) is 0 Å². The predicted molar refractivity (Wildman–Crippen MR) is 89.2 cm³/mol. The van der Waals surface area contributed by atoms with Crippen LogP contribution in [0.3, 0.4) is 0 Å². The number of benzene rings is 2. The van der Waals surface area contributed by atoms with E-state index in [0.717, 1.165) is 26.7 Å². The molecule has 106 valence electrons. The molecule has 3 rings (SSSR count). The second kappa shape index (κ2) is 5.54. The van der Waals surface area contributed by atoms with Crippen LogP contribution in [0.2, 0.25) is 5.02 Å². The molecule has 0 aliphatic heterocycles. The molecule has 0 aliphatic rings. The normalized spacial score (nSPS) is 10.8. The van der Waals surface area contributed by atoms with Crippen LogP contribution in [0.4, 0.5) is 5.82 Å². The van der Waals surface area contributed by atoms with E-state index in [0.29, 0.717) is 16.6 Å². The van der Waals surface area contributed by atoms with Crippen LogP contribution in [-0.4, -0.2) is 5.16 Å². The molecule has 5 heteroatoms. The average Bonchev–Trinajstić information content (AvgIpc) is 2.83. The zero-order valence-corrected chi connectivity index (χ0v) is 13.6. The molecule has 0 spiro atoms. The van der Waals surface area contributed by atoms with E-state index in [2.05, 4.69) is 21.1 Å². The fraction of sp³-hybridized carbons (Fsp3) is 0.0625. The lowest BCUT2D eigenvalue weighted by molar-refractivity contribution is 0.436. The van der Waals surface area contributed by atoms with E-state index in [1.807, 2.05) is 49.4 Å². The third-order valence-electron chi connectivity index (χ3n) is 3.28. The molecule has 0 atom stereocenters. The first kappa shape index (κ1) is 14.2. The minimum atomic E-state index is 0.363. The SMILES string of the molecule is Cc1ccc(Cl)cc1-c1onc(N)c1-c1cccc(Br)c1. The molecule has 1 aromatic heterocycles. The van der Waals surface area contributed by atoms with Crippen molar-refractivity contribution in [1.82, 2.24) is 5.16 Å². The number of anilines is 1. The fourth-order valence-corrected chi connectivity index (χ4v) is 2.82. The Kier molecular flexibility index (Phi) is 3.74. The van der Waals surface area contributed by atoms with Crippen molar-refractivity contribution in [1.29, 1.82) is 0 Å². The Morgan fingerprint density at radius 3 is 2.76 bits per heavy atom. The maximum absolute atomic E-state index is 6.10. The highest BCUT2D eigenvalue weighted by Gasteiger charge is 2.19. The second-order valence-corrected chi connectivity index (χ2v) is 6.09. The highest BCUT2D eigenvalue weighted by molar-refractivity contribution is 9.10. The summed E-state index contributed by atoms with van der Waals surface area (Å²) in [6.45, 7) is 2.00. The molecule has 3 aromatic rings. The second-order valence-electron chi connectivity index (χ2n) is 4.74. The van der Waals surface area contributed by atoms with Gasteiger partial charge in [0.1, 0.15) is 0 Å². The lowest BCUT2D eigenvalue weighted by atomic mass is 9.99. The Hall–Kier alpha value is -1.78. The first-order chi connectivity index (χ1) is 10.1. The molecular weight excluding hydrogens is 352 g/mol. The van der Waals surface area contributed by atoms with Crippen LogP contribution in [0, 0.1) is 6.92 Å². The summed E-state index contributed by atoms with van der Waals surface area (Å²) in [7, 11) is 0. The fourth-order valence-electron chi connectivity index (χ4n) is 2.25. The molecule has 2 aromatic carbocycles. The summed E-state index contributed by atoms with van der Waals surface area (Å²) in [6, 6.07) is 13.5. The van der Waals surface area contributed by atoms with Gasteiger partial charge in [-0.1, -0.05) is 50.9 Å². The molecule has 0 bridgehead atoms. The molecule has 0 unspecified atom stereocenters. The summed E-state index contributed by atoms with van der Waals surface area (Å²) < 4.78 is 6.43. The summed E-state index contributed by atoms with van der Waals surface area (Å²) in [4.78, 5) is 0. The largest absolute Gasteiger partial charge is 0.380 e. The van der Waals surface area contributed by atoms with Gasteiger partial charge in [0.25, 0.3) is 0 Å². The van der Waals surface area contributed by atoms with E-state index >= 15 is 0 Å². The molecule has 0 aliphatic carbocycles. The lowest BCUT2D eigenvalue weighted by Crippen LogP contribution is -1.90. The number of aromatic nitrogens is 1. The van der Waals surface area contributed by atoms with Crippen molar-refractivity contribution in [3.8, 4) is 22.5 Å². The van der Waals surface area contributed by atoms with Crippen molar-refractivity contribution < 1.29 is 4.52 Å². The molecule has 2 N–H and O–H groups in total. The molecule has 1 heterocycles. The van der Waals surface area contributed by atoms with Gasteiger partial charge in [0, 0.05) is 15.1 Å². The number of nitrogen functional groups attached to an aromatic ring is 1.